The van der Waals surface area contributed by atoms with E-state index in [9.17, 15) is 14.9 Å². The van der Waals surface area contributed by atoms with Crippen LogP contribution in [0.3, 0.4) is 0 Å². The summed E-state index contributed by atoms with van der Waals surface area (Å²) < 4.78 is 0.131. The minimum atomic E-state index is -0.561. The van der Waals surface area contributed by atoms with Crippen LogP contribution in [0.1, 0.15) is 15.9 Å². The molecule has 0 aliphatic carbocycles. The Bertz CT molecular complexity index is 737. The second-order valence-corrected chi connectivity index (χ2v) is 5.33. The van der Waals surface area contributed by atoms with Crippen molar-refractivity contribution in [3.8, 4) is 0 Å². The Kier molecular flexibility index (Phi) is 4.54. The molecule has 1 aromatic heterocycles. The van der Waals surface area contributed by atoms with Crippen LogP contribution in [0, 0.1) is 17.0 Å². The van der Waals surface area contributed by atoms with Gasteiger partial charge < -0.3 is 5.32 Å². The number of nitrogens with one attached hydrogen (secondary N) is 1. The van der Waals surface area contributed by atoms with E-state index in [1.54, 1.807) is 13.0 Å². The molecule has 0 radical (unpaired) electrons. The molecule has 0 bridgehead atoms. The third-order valence-electron chi connectivity index (χ3n) is 2.69. The van der Waals surface area contributed by atoms with Crippen molar-refractivity contribution >= 4 is 44.8 Å². The molecule has 0 saturated carbocycles. The summed E-state index contributed by atoms with van der Waals surface area (Å²) in [4.78, 5) is 26.4. The van der Waals surface area contributed by atoms with Crippen LogP contribution < -0.4 is 5.32 Å². The van der Waals surface area contributed by atoms with Crippen LogP contribution in [0.25, 0.3) is 0 Å². The first-order chi connectivity index (χ1) is 9.90. The van der Waals surface area contributed by atoms with Crippen molar-refractivity contribution in [3.63, 3.8) is 0 Å². The van der Waals surface area contributed by atoms with Crippen molar-refractivity contribution in [2.45, 2.75) is 6.92 Å². The number of aryl methyl sites for hydroxylation is 1. The van der Waals surface area contributed by atoms with Gasteiger partial charge in [0.1, 0.15) is 9.63 Å². The molecule has 2 aromatic rings. The summed E-state index contributed by atoms with van der Waals surface area (Å²) >= 11 is 8.89. The van der Waals surface area contributed by atoms with Gasteiger partial charge in [0.15, 0.2) is 0 Å². The van der Waals surface area contributed by atoms with E-state index in [1.165, 1.54) is 24.4 Å². The molecule has 0 unspecified atom stereocenters. The van der Waals surface area contributed by atoms with E-state index in [0.29, 0.717) is 16.4 Å². The number of hydrogen-bond donors (Lipinski definition) is 1. The number of nitro groups is 1. The SMILES string of the molecule is Cc1cc(NC(=O)c2cccc([N+](=O)[O-])c2Br)cnc1Cl. The molecule has 0 saturated heterocycles. The quantitative estimate of drug-likeness (QED) is 0.503. The van der Waals surface area contributed by atoms with E-state index in [1.807, 2.05) is 0 Å². The number of nitro benzene ring substituents is 1. The molecule has 21 heavy (non-hydrogen) atoms. The number of benzene rings is 1. The smallest absolute Gasteiger partial charge is 0.284 e. The number of amides is 1. The number of nitrogens with zero attached hydrogens (tertiary/aromatic N) is 2. The van der Waals surface area contributed by atoms with Gasteiger partial charge in [-0.1, -0.05) is 17.7 Å². The minimum Gasteiger partial charge on any atom is -0.321 e. The maximum atomic E-state index is 12.2. The zero-order chi connectivity index (χ0) is 15.6. The Labute approximate surface area is 133 Å². The second-order valence-electron chi connectivity index (χ2n) is 4.18. The molecular formula is C13H9BrClN3O3. The molecule has 1 amide bonds. The number of carbonyl (C=O) groups excluding carboxylic acids is 1. The van der Waals surface area contributed by atoms with Crippen LogP contribution in [-0.2, 0) is 0 Å². The highest BCUT2D eigenvalue weighted by atomic mass is 79.9. The number of aromatic nitrogens is 1. The van der Waals surface area contributed by atoms with E-state index in [4.69, 9.17) is 11.6 Å². The van der Waals surface area contributed by atoms with Crippen molar-refractivity contribution in [1.82, 2.24) is 4.98 Å². The summed E-state index contributed by atoms with van der Waals surface area (Å²) in [7, 11) is 0. The fourth-order valence-corrected chi connectivity index (χ4v) is 2.35. The Morgan fingerprint density at radius 2 is 2.19 bits per heavy atom. The highest BCUT2D eigenvalue weighted by molar-refractivity contribution is 9.10. The molecular weight excluding hydrogens is 362 g/mol. The van der Waals surface area contributed by atoms with Crippen molar-refractivity contribution in [2.75, 3.05) is 5.32 Å². The van der Waals surface area contributed by atoms with E-state index >= 15 is 0 Å². The third kappa shape index (κ3) is 3.37. The second kappa shape index (κ2) is 6.19. The largest absolute Gasteiger partial charge is 0.321 e. The molecule has 1 N–H and O–H groups in total. The minimum absolute atomic E-state index is 0.131. The average Bonchev–Trinajstić information content (AvgIpc) is 2.42. The van der Waals surface area contributed by atoms with Gasteiger partial charge in [0.25, 0.3) is 11.6 Å². The number of pyridine rings is 1. The topological polar surface area (TPSA) is 85.1 Å². The molecule has 1 aromatic carbocycles. The first kappa shape index (κ1) is 15.4. The number of halogens is 2. The lowest BCUT2D eigenvalue weighted by molar-refractivity contribution is -0.385. The molecule has 6 nitrogen and oxygen atoms in total. The Hall–Kier alpha value is -1.99. The van der Waals surface area contributed by atoms with Crippen molar-refractivity contribution in [3.05, 3.63) is 61.3 Å². The summed E-state index contributed by atoms with van der Waals surface area (Å²) in [5.74, 6) is -0.478. The van der Waals surface area contributed by atoms with Gasteiger partial charge in [-0.25, -0.2) is 4.98 Å². The predicted molar refractivity (Wildman–Crippen MR) is 82.7 cm³/mol. The van der Waals surface area contributed by atoms with Crippen molar-refractivity contribution in [1.29, 1.82) is 0 Å². The van der Waals surface area contributed by atoms with E-state index in [2.05, 4.69) is 26.2 Å². The van der Waals surface area contributed by atoms with Gasteiger partial charge >= 0.3 is 0 Å². The number of hydrogen-bond acceptors (Lipinski definition) is 4. The summed E-state index contributed by atoms with van der Waals surface area (Å²) in [6.45, 7) is 1.76. The van der Waals surface area contributed by atoms with Gasteiger partial charge in [0, 0.05) is 6.07 Å². The van der Waals surface area contributed by atoms with Crippen molar-refractivity contribution < 1.29 is 9.72 Å². The Morgan fingerprint density at radius 3 is 2.81 bits per heavy atom. The van der Waals surface area contributed by atoms with Gasteiger partial charge in [-0.05, 0) is 40.5 Å². The van der Waals surface area contributed by atoms with E-state index in [0.717, 1.165) is 0 Å². The first-order valence-corrected chi connectivity index (χ1v) is 6.93. The third-order valence-corrected chi connectivity index (χ3v) is 3.92. The van der Waals surface area contributed by atoms with Crippen LogP contribution in [0.15, 0.2) is 34.9 Å². The molecule has 0 fully saturated rings. The standard InChI is InChI=1S/C13H9BrClN3O3/c1-7-5-8(6-16-12(7)15)17-13(19)9-3-2-4-10(11(9)14)18(20)21/h2-6H,1H3,(H,17,19). The molecule has 2 rings (SSSR count). The maximum Gasteiger partial charge on any atom is 0.284 e. The number of anilines is 1. The van der Waals surface area contributed by atoms with Gasteiger partial charge in [-0.3, -0.25) is 14.9 Å². The maximum absolute atomic E-state index is 12.2. The van der Waals surface area contributed by atoms with Crippen LogP contribution in [0.2, 0.25) is 5.15 Å². The first-order valence-electron chi connectivity index (χ1n) is 5.76. The van der Waals surface area contributed by atoms with Crippen LogP contribution in [0.4, 0.5) is 11.4 Å². The predicted octanol–water partition coefficient (Wildman–Crippen LogP) is 3.97. The van der Waals surface area contributed by atoms with Gasteiger partial charge in [-0.15, -0.1) is 0 Å². The highest BCUT2D eigenvalue weighted by Gasteiger charge is 2.19. The van der Waals surface area contributed by atoms with Gasteiger partial charge in [0.05, 0.1) is 22.4 Å². The summed E-state index contributed by atoms with van der Waals surface area (Å²) in [6.07, 6.45) is 1.42. The molecule has 1 heterocycles. The molecule has 0 atom stereocenters. The van der Waals surface area contributed by atoms with Gasteiger partial charge in [-0.2, -0.15) is 0 Å². The fourth-order valence-electron chi connectivity index (χ4n) is 1.66. The van der Waals surface area contributed by atoms with Crippen LogP contribution >= 0.6 is 27.5 Å². The monoisotopic (exact) mass is 369 g/mol. The fraction of sp³-hybridized carbons (Fsp3) is 0.0769. The summed E-state index contributed by atoms with van der Waals surface area (Å²) in [6, 6.07) is 5.92. The normalized spacial score (nSPS) is 10.2. The molecule has 0 spiro atoms. The number of carbonyl (C=O) groups is 1. The lowest BCUT2D eigenvalue weighted by atomic mass is 10.2. The highest BCUT2D eigenvalue weighted by Crippen LogP contribution is 2.29. The zero-order valence-corrected chi connectivity index (χ0v) is 13.1. The van der Waals surface area contributed by atoms with Crippen LogP contribution in [0.5, 0.6) is 0 Å². The molecule has 0 aliphatic heterocycles. The molecule has 8 heteroatoms. The van der Waals surface area contributed by atoms with Crippen LogP contribution in [-0.4, -0.2) is 15.8 Å². The average molecular weight is 371 g/mol. The zero-order valence-electron chi connectivity index (χ0n) is 10.8. The molecule has 108 valence electrons. The van der Waals surface area contributed by atoms with Gasteiger partial charge in [0.2, 0.25) is 0 Å². The Balaban J connectivity index is 2.30. The summed E-state index contributed by atoms with van der Waals surface area (Å²) in [5.41, 5.74) is 1.16. The lowest BCUT2D eigenvalue weighted by Crippen LogP contribution is -2.13. The lowest BCUT2D eigenvalue weighted by Gasteiger charge is -2.08. The van der Waals surface area contributed by atoms with E-state index in [-0.39, 0.29) is 15.7 Å². The van der Waals surface area contributed by atoms with Crippen molar-refractivity contribution in [2.24, 2.45) is 0 Å². The summed E-state index contributed by atoms with van der Waals surface area (Å²) in [5, 5.41) is 13.8. The molecule has 0 aliphatic rings. The Morgan fingerprint density at radius 1 is 1.48 bits per heavy atom. The van der Waals surface area contributed by atoms with E-state index < -0.39 is 10.8 Å². The number of rotatable bonds is 3.